The van der Waals surface area contributed by atoms with Crippen LogP contribution in [0.25, 0.3) is 0 Å². The Morgan fingerprint density at radius 2 is 2.05 bits per heavy atom. The van der Waals surface area contributed by atoms with Crippen molar-refractivity contribution in [3.05, 3.63) is 18.0 Å². The van der Waals surface area contributed by atoms with E-state index in [1.807, 2.05) is 18.4 Å². The van der Waals surface area contributed by atoms with E-state index in [4.69, 9.17) is 5.73 Å². The third-order valence-corrected chi connectivity index (χ3v) is 5.51. The second kappa shape index (κ2) is 5.26. The zero-order valence-electron chi connectivity index (χ0n) is 11.6. The van der Waals surface area contributed by atoms with Crippen molar-refractivity contribution >= 4 is 10.0 Å². The predicted octanol–water partition coefficient (Wildman–Crippen LogP) is 1.58. The second-order valence-corrected chi connectivity index (χ2v) is 7.21. The number of hydrogen-bond acceptors (Lipinski definition) is 3. The summed E-state index contributed by atoms with van der Waals surface area (Å²) in [6.07, 6.45) is 5.66. The van der Waals surface area contributed by atoms with Gasteiger partial charge in [-0.2, -0.15) is 0 Å². The molecule has 3 N–H and O–H groups in total. The summed E-state index contributed by atoms with van der Waals surface area (Å²) in [6.45, 7) is 5.03. The van der Waals surface area contributed by atoms with Crippen molar-refractivity contribution < 1.29 is 8.42 Å². The van der Waals surface area contributed by atoms with Crippen LogP contribution in [0, 0.1) is 0 Å². The summed E-state index contributed by atoms with van der Waals surface area (Å²) in [6, 6.07) is 1.67. The highest BCUT2D eigenvalue weighted by Gasteiger charge is 2.34. The van der Waals surface area contributed by atoms with Crippen molar-refractivity contribution in [2.75, 3.05) is 0 Å². The molecule has 0 atom stereocenters. The molecule has 0 aromatic carbocycles. The average Bonchev–Trinajstić information content (AvgIpc) is 2.94. The molecule has 108 valence electrons. The van der Waals surface area contributed by atoms with E-state index < -0.39 is 10.0 Å². The van der Waals surface area contributed by atoms with Crippen LogP contribution in [0.2, 0.25) is 0 Å². The Labute approximate surface area is 115 Å². The topological polar surface area (TPSA) is 77.1 Å². The molecule has 5 nitrogen and oxygen atoms in total. The first-order valence-electron chi connectivity index (χ1n) is 6.83. The van der Waals surface area contributed by atoms with Gasteiger partial charge in [-0.15, -0.1) is 0 Å². The first-order chi connectivity index (χ1) is 8.90. The van der Waals surface area contributed by atoms with E-state index in [0.717, 1.165) is 37.9 Å². The summed E-state index contributed by atoms with van der Waals surface area (Å²) in [5, 5.41) is 0. The van der Waals surface area contributed by atoms with E-state index in [2.05, 4.69) is 4.72 Å². The summed E-state index contributed by atoms with van der Waals surface area (Å²) in [7, 11) is -3.45. The number of hydrogen-bond donors (Lipinski definition) is 2. The van der Waals surface area contributed by atoms with Gasteiger partial charge in [-0.25, -0.2) is 13.1 Å². The molecule has 1 aliphatic carbocycles. The van der Waals surface area contributed by atoms with E-state index in [1.165, 1.54) is 0 Å². The van der Waals surface area contributed by atoms with Crippen LogP contribution < -0.4 is 10.5 Å². The number of rotatable bonds is 5. The van der Waals surface area contributed by atoms with Crippen LogP contribution in [0.4, 0.5) is 0 Å². The number of aromatic nitrogens is 1. The van der Waals surface area contributed by atoms with Crippen LogP contribution in [0.5, 0.6) is 0 Å². The van der Waals surface area contributed by atoms with Crippen molar-refractivity contribution in [3.63, 3.8) is 0 Å². The summed E-state index contributed by atoms with van der Waals surface area (Å²) in [4.78, 5) is 0.322. The van der Waals surface area contributed by atoms with Gasteiger partial charge in [0.15, 0.2) is 0 Å². The van der Waals surface area contributed by atoms with Crippen molar-refractivity contribution in [1.82, 2.24) is 9.29 Å². The van der Waals surface area contributed by atoms with Gasteiger partial charge in [0.05, 0.1) is 4.90 Å². The molecule has 0 aliphatic heterocycles. The molecule has 1 aromatic rings. The van der Waals surface area contributed by atoms with Gasteiger partial charge < -0.3 is 10.3 Å². The van der Waals surface area contributed by atoms with E-state index in [0.29, 0.717) is 11.4 Å². The lowest BCUT2D eigenvalue weighted by Crippen LogP contribution is -2.43. The fourth-order valence-electron chi connectivity index (χ4n) is 2.78. The first-order valence-corrected chi connectivity index (χ1v) is 8.31. The maximum Gasteiger partial charge on any atom is 0.242 e. The third-order valence-electron chi connectivity index (χ3n) is 3.91. The van der Waals surface area contributed by atoms with Crippen LogP contribution in [-0.2, 0) is 23.1 Å². The van der Waals surface area contributed by atoms with Gasteiger partial charge in [-0.05, 0) is 32.8 Å². The molecule has 19 heavy (non-hydrogen) atoms. The average molecular weight is 285 g/mol. The van der Waals surface area contributed by atoms with Gasteiger partial charge in [-0.1, -0.05) is 12.8 Å². The zero-order chi connectivity index (χ0) is 14.1. The largest absolute Gasteiger partial charge is 0.349 e. The number of nitrogens with one attached hydrogen (secondary N) is 1. The van der Waals surface area contributed by atoms with Gasteiger partial charge in [0.25, 0.3) is 0 Å². The molecule has 0 amide bonds. The molecule has 6 heteroatoms. The highest BCUT2D eigenvalue weighted by Crippen LogP contribution is 2.30. The molecular formula is C13H23N3O2S. The van der Waals surface area contributed by atoms with E-state index in [1.54, 1.807) is 12.3 Å². The molecule has 1 aromatic heterocycles. The zero-order valence-corrected chi connectivity index (χ0v) is 12.5. The molecule has 0 unspecified atom stereocenters. The van der Waals surface area contributed by atoms with Crippen LogP contribution in [0.15, 0.2) is 17.2 Å². The SMILES string of the molecule is CCn1cc(S(=O)(=O)NC2(C)CCCC2)cc1CN. The van der Waals surface area contributed by atoms with Crippen molar-refractivity contribution in [2.45, 2.75) is 63.1 Å². The number of nitrogens with two attached hydrogens (primary N) is 1. The minimum absolute atomic E-state index is 0.296. The lowest BCUT2D eigenvalue weighted by Gasteiger charge is -2.24. The Morgan fingerprint density at radius 1 is 1.42 bits per heavy atom. The molecule has 2 rings (SSSR count). The maximum atomic E-state index is 12.4. The van der Waals surface area contributed by atoms with E-state index in [-0.39, 0.29) is 5.54 Å². The summed E-state index contributed by atoms with van der Waals surface area (Å²) < 4.78 is 29.6. The molecule has 1 aliphatic rings. The van der Waals surface area contributed by atoms with Gasteiger partial charge in [-0.3, -0.25) is 0 Å². The minimum atomic E-state index is -3.45. The minimum Gasteiger partial charge on any atom is -0.349 e. The monoisotopic (exact) mass is 285 g/mol. The molecule has 0 radical (unpaired) electrons. The molecule has 0 spiro atoms. The first kappa shape index (κ1) is 14.6. The fourth-order valence-corrected chi connectivity index (χ4v) is 4.31. The number of sulfonamides is 1. The molecule has 0 bridgehead atoms. The molecular weight excluding hydrogens is 262 g/mol. The predicted molar refractivity (Wildman–Crippen MR) is 75.2 cm³/mol. The quantitative estimate of drug-likeness (QED) is 0.862. The van der Waals surface area contributed by atoms with Crippen molar-refractivity contribution in [1.29, 1.82) is 0 Å². The smallest absolute Gasteiger partial charge is 0.242 e. The number of aryl methyl sites for hydroxylation is 1. The molecule has 1 fully saturated rings. The van der Waals surface area contributed by atoms with Crippen LogP contribution in [-0.4, -0.2) is 18.5 Å². The van der Waals surface area contributed by atoms with E-state index >= 15 is 0 Å². The van der Waals surface area contributed by atoms with Gasteiger partial charge in [0, 0.05) is 30.5 Å². The summed E-state index contributed by atoms with van der Waals surface area (Å²) in [5.41, 5.74) is 6.19. The Balaban J connectivity index is 2.26. The van der Waals surface area contributed by atoms with E-state index in [9.17, 15) is 8.42 Å². The standard InChI is InChI=1S/C13H23N3O2S/c1-3-16-10-12(8-11(16)9-14)19(17,18)15-13(2)6-4-5-7-13/h8,10,15H,3-7,9,14H2,1-2H3. The second-order valence-electron chi connectivity index (χ2n) is 5.53. The van der Waals surface area contributed by atoms with Gasteiger partial charge in [0.1, 0.15) is 0 Å². The summed E-state index contributed by atoms with van der Waals surface area (Å²) in [5.74, 6) is 0. The lowest BCUT2D eigenvalue weighted by atomic mass is 10.0. The highest BCUT2D eigenvalue weighted by atomic mass is 32.2. The lowest BCUT2D eigenvalue weighted by molar-refractivity contribution is 0.427. The molecule has 1 heterocycles. The Hall–Kier alpha value is -0.850. The number of nitrogens with zero attached hydrogens (tertiary/aromatic N) is 1. The van der Waals surface area contributed by atoms with Gasteiger partial charge >= 0.3 is 0 Å². The Morgan fingerprint density at radius 3 is 2.53 bits per heavy atom. The Bertz CT molecular complexity index is 521. The summed E-state index contributed by atoms with van der Waals surface area (Å²) >= 11 is 0. The normalized spacial score (nSPS) is 18.9. The van der Waals surface area contributed by atoms with Crippen LogP contribution in [0.3, 0.4) is 0 Å². The Kier molecular flexibility index (Phi) is 4.03. The fraction of sp³-hybridized carbons (Fsp3) is 0.692. The van der Waals surface area contributed by atoms with Gasteiger partial charge in [0.2, 0.25) is 10.0 Å². The van der Waals surface area contributed by atoms with Crippen molar-refractivity contribution in [2.24, 2.45) is 5.73 Å². The van der Waals surface area contributed by atoms with Crippen LogP contribution in [0.1, 0.15) is 45.2 Å². The maximum absolute atomic E-state index is 12.4. The molecule has 1 saturated carbocycles. The van der Waals surface area contributed by atoms with Crippen LogP contribution >= 0.6 is 0 Å². The highest BCUT2D eigenvalue weighted by molar-refractivity contribution is 7.89. The third kappa shape index (κ3) is 3.01. The van der Waals surface area contributed by atoms with Crippen molar-refractivity contribution in [3.8, 4) is 0 Å². The molecule has 0 saturated heterocycles.